The number of halogens is 2. The van der Waals surface area contributed by atoms with Gasteiger partial charge in [0.15, 0.2) is 0 Å². The van der Waals surface area contributed by atoms with Crippen LogP contribution in [0.4, 0.5) is 4.39 Å². The summed E-state index contributed by atoms with van der Waals surface area (Å²) in [5, 5.41) is 0. The molecule has 1 heterocycles. The second kappa shape index (κ2) is 5.75. The monoisotopic (exact) mass is 182 g/mol. The average molecular weight is 183 g/mol. The van der Waals surface area contributed by atoms with Crippen molar-refractivity contribution in [2.24, 2.45) is 11.7 Å². The van der Waals surface area contributed by atoms with E-state index in [0.29, 0.717) is 6.54 Å². The van der Waals surface area contributed by atoms with Crippen molar-refractivity contribution in [1.29, 1.82) is 0 Å². The normalized spacial score (nSPS) is 25.1. The molecule has 0 bridgehead atoms. The van der Waals surface area contributed by atoms with Crippen LogP contribution in [0.25, 0.3) is 0 Å². The highest BCUT2D eigenvalue weighted by molar-refractivity contribution is 5.85. The topological polar surface area (TPSA) is 29.3 Å². The average Bonchev–Trinajstić information content (AvgIpc) is 2.37. The Morgan fingerprint density at radius 3 is 2.73 bits per heavy atom. The van der Waals surface area contributed by atoms with E-state index in [9.17, 15) is 4.39 Å². The van der Waals surface area contributed by atoms with Crippen molar-refractivity contribution in [3.8, 4) is 0 Å². The first-order valence-electron chi connectivity index (χ1n) is 3.85. The fourth-order valence-electron chi connectivity index (χ4n) is 1.42. The minimum Gasteiger partial charge on any atom is -0.329 e. The summed E-state index contributed by atoms with van der Waals surface area (Å²) in [6, 6.07) is 0. The number of hydrogen-bond acceptors (Lipinski definition) is 2. The first-order valence-corrected chi connectivity index (χ1v) is 3.85. The Morgan fingerprint density at radius 2 is 2.27 bits per heavy atom. The van der Waals surface area contributed by atoms with Gasteiger partial charge in [0, 0.05) is 25.6 Å². The number of alkyl halides is 1. The summed E-state index contributed by atoms with van der Waals surface area (Å²) in [4.78, 5) is 2.23. The minimum atomic E-state index is -0.166. The third-order valence-electron chi connectivity index (χ3n) is 2.03. The van der Waals surface area contributed by atoms with Gasteiger partial charge in [-0.05, 0) is 13.0 Å². The first kappa shape index (κ1) is 11.1. The standard InChI is InChI=1S/C7H15FN2.ClH/c8-5-7-1-3-10(6-7)4-2-9;/h7H,1-6,9H2;1H. The van der Waals surface area contributed by atoms with E-state index in [-0.39, 0.29) is 25.0 Å². The summed E-state index contributed by atoms with van der Waals surface area (Å²) in [5.74, 6) is 0.284. The number of nitrogens with zero attached hydrogens (tertiary/aromatic N) is 1. The zero-order valence-electron chi connectivity index (χ0n) is 6.63. The molecule has 1 saturated heterocycles. The van der Waals surface area contributed by atoms with Crippen LogP contribution in [0.3, 0.4) is 0 Å². The summed E-state index contributed by atoms with van der Waals surface area (Å²) in [6.07, 6.45) is 1.01. The molecule has 11 heavy (non-hydrogen) atoms. The molecule has 68 valence electrons. The molecule has 0 amide bonds. The number of rotatable bonds is 3. The third-order valence-corrected chi connectivity index (χ3v) is 2.03. The highest BCUT2D eigenvalue weighted by Gasteiger charge is 2.20. The van der Waals surface area contributed by atoms with E-state index in [0.717, 1.165) is 26.1 Å². The quantitative estimate of drug-likeness (QED) is 0.695. The van der Waals surface area contributed by atoms with Crippen molar-refractivity contribution in [2.75, 3.05) is 32.9 Å². The fourth-order valence-corrected chi connectivity index (χ4v) is 1.42. The number of nitrogens with two attached hydrogens (primary N) is 1. The van der Waals surface area contributed by atoms with Gasteiger partial charge in [-0.1, -0.05) is 0 Å². The maximum atomic E-state index is 12.1. The highest BCUT2D eigenvalue weighted by Crippen LogP contribution is 2.15. The van der Waals surface area contributed by atoms with E-state index in [1.165, 1.54) is 0 Å². The van der Waals surface area contributed by atoms with Crippen LogP contribution < -0.4 is 5.73 Å². The van der Waals surface area contributed by atoms with Crippen molar-refractivity contribution in [2.45, 2.75) is 6.42 Å². The molecule has 1 aliphatic rings. The second-order valence-electron chi connectivity index (χ2n) is 2.90. The SMILES string of the molecule is Cl.NCCN1CCC(CF)C1. The van der Waals surface area contributed by atoms with E-state index in [2.05, 4.69) is 4.90 Å². The van der Waals surface area contributed by atoms with Crippen LogP contribution in [0, 0.1) is 5.92 Å². The molecule has 0 saturated carbocycles. The Morgan fingerprint density at radius 1 is 1.55 bits per heavy atom. The molecule has 0 aliphatic carbocycles. The van der Waals surface area contributed by atoms with Gasteiger partial charge in [0.05, 0.1) is 6.67 Å². The molecule has 0 spiro atoms. The summed E-state index contributed by atoms with van der Waals surface area (Å²) < 4.78 is 12.1. The van der Waals surface area contributed by atoms with Crippen LogP contribution in [0.5, 0.6) is 0 Å². The molecule has 0 aromatic rings. The molecule has 1 aliphatic heterocycles. The van der Waals surface area contributed by atoms with Gasteiger partial charge >= 0.3 is 0 Å². The van der Waals surface area contributed by atoms with Crippen LogP contribution in [0.1, 0.15) is 6.42 Å². The molecule has 1 atom stereocenters. The lowest BCUT2D eigenvalue weighted by molar-refractivity contribution is 0.309. The minimum absolute atomic E-state index is 0. The lowest BCUT2D eigenvalue weighted by atomic mass is 10.1. The zero-order valence-corrected chi connectivity index (χ0v) is 7.45. The van der Waals surface area contributed by atoms with Crippen LogP contribution in [-0.4, -0.2) is 37.8 Å². The van der Waals surface area contributed by atoms with E-state index >= 15 is 0 Å². The maximum absolute atomic E-state index is 12.1. The van der Waals surface area contributed by atoms with Gasteiger partial charge in [-0.2, -0.15) is 0 Å². The molecular weight excluding hydrogens is 167 g/mol. The van der Waals surface area contributed by atoms with Crippen molar-refractivity contribution in [3.63, 3.8) is 0 Å². The molecule has 1 unspecified atom stereocenters. The summed E-state index contributed by atoms with van der Waals surface area (Å²) in [5.41, 5.74) is 5.36. The Labute approximate surface area is 73.3 Å². The summed E-state index contributed by atoms with van der Waals surface area (Å²) in [7, 11) is 0. The maximum Gasteiger partial charge on any atom is 0.0935 e. The van der Waals surface area contributed by atoms with Gasteiger partial charge in [0.25, 0.3) is 0 Å². The van der Waals surface area contributed by atoms with E-state index in [1.807, 2.05) is 0 Å². The zero-order chi connectivity index (χ0) is 7.40. The van der Waals surface area contributed by atoms with Crippen LogP contribution in [0.15, 0.2) is 0 Å². The van der Waals surface area contributed by atoms with Crippen LogP contribution in [0.2, 0.25) is 0 Å². The smallest absolute Gasteiger partial charge is 0.0935 e. The van der Waals surface area contributed by atoms with Gasteiger partial charge in [-0.3, -0.25) is 4.39 Å². The Hall–Kier alpha value is 0.140. The molecule has 2 nitrogen and oxygen atoms in total. The molecule has 1 fully saturated rings. The predicted molar refractivity (Wildman–Crippen MR) is 46.8 cm³/mol. The van der Waals surface area contributed by atoms with Gasteiger partial charge in [-0.15, -0.1) is 12.4 Å². The molecule has 1 rings (SSSR count). The molecular formula is C7H16ClFN2. The summed E-state index contributed by atoms with van der Waals surface area (Å²) >= 11 is 0. The predicted octanol–water partition coefficient (Wildman–Crippen LogP) is 0.658. The second-order valence-corrected chi connectivity index (χ2v) is 2.90. The molecule has 0 radical (unpaired) electrons. The van der Waals surface area contributed by atoms with Gasteiger partial charge < -0.3 is 10.6 Å². The van der Waals surface area contributed by atoms with Gasteiger partial charge in [0.2, 0.25) is 0 Å². The van der Waals surface area contributed by atoms with Crippen LogP contribution >= 0.6 is 12.4 Å². The number of likely N-dealkylation sites (tertiary alicyclic amines) is 1. The van der Waals surface area contributed by atoms with Crippen molar-refractivity contribution in [3.05, 3.63) is 0 Å². The number of hydrogen-bond donors (Lipinski definition) is 1. The van der Waals surface area contributed by atoms with E-state index in [4.69, 9.17) is 5.73 Å². The van der Waals surface area contributed by atoms with Crippen molar-refractivity contribution in [1.82, 2.24) is 4.90 Å². The molecule has 0 aromatic heterocycles. The highest BCUT2D eigenvalue weighted by atomic mass is 35.5. The largest absolute Gasteiger partial charge is 0.329 e. The fraction of sp³-hybridized carbons (Fsp3) is 1.00. The van der Waals surface area contributed by atoms with E-state index < -0.39 is 0 Å². The van der Waals surface area contributed by atoms with Gasteiger partial charge in [-0.25, -0.2) is 0 Å². The molecule has 4 heteroatoms. The summed E-state index contributed by atoms with van der Waals surface area (Å²) in [6.45, 7) is 3.40. The lowest BCUT2D eigenvalue weighted by Crippen LogP contribution is -2.27. The van der Waals surface area contributed by atoms with Crippen molar-refractivity contribution < 1.29 is 4.39 Å². The lowest BCUT2D eigenvalue weighted by Gasteiger charge is -2.12. The van der Waals surface area contributed by atoms with Gasteiger partial charge in [0.1, 0.15) is 0 Å². The first-order chi connectivity index (χ1) is 4.86. The molecule has 0 aromatic carbocycles. The Balaban J connectivity index is 0.000001000. The third kappa shape index (κ3) is 3.36. The Kier molecular flexibility index (Phi) is 5.82. The van der Waals surface area contributed by atoms with Crippen LogP contribution in [-0.2, 0) is 0 Å². The Bertz CT molecular complexity index is 102. The molecule has 2 N–H and O–H groups in total. The van der Waals surface area contributed by atoms with E-state index in [1.54, 1.807) is 0 Å². The van der Waals surface area contributed by atoms with Crippen molar-refractivity contribution >= 4 is 12.4 Å².